The number of piperazine rings is 1. The second-order valence-corrected chi connectivity index (χ2v) is 7.88. The predicted octanol–water partition coefficient (Wildman–Crippen LogP) is 2.92. The zero-order valence-corrected chi connectivity index (χ0v) is 18.6. The molecule has 34 heavy (non-hydrogen) atoms. The van der Waals surface area contributed by atoms with Crippen molar-refractivity contribution in [1.29, 1.82) is 0 Å². The molecule has 0 unspecified atom stereocenters. The van der Waals surface area contributed by atoms with Crippen molar-refractivity contribution in [1.82, 2.24) is 19.8 Å². The number of benzene rings is 2. The van der Waals surface area contributed by atoms with Gasteiger partial charge >= 0.3 is 6.18 Å². The van der Waals surface area contributed by atoms with Gasteiger partial charge in [-0.1, -0.05) is 0 Å². The first-order valence-corrected chi connectivity index (χ1v) is 10.5. The van der Waals surface area contributed by atoms with Gasteiger partial charge in [0.25, 0.3) is 11.5 Å². The third-order valence-corrected chi connectivity index (χ3v) is 5.75. The zero-order chi connectivity index (χ0) is 24.5. The summed E-state index contributed by atoms with van der Waals surface area (Å²) in [4.78, 5) is 36.2. The number of hydrogen-bond donors (Lipinski definition) is 1. The molecular formula is C23H23F3N4O4. The molecule has 180 valence electrons. The molecule has 1 aliphatic heterocycles. The number of carbonyl (C=O) groups excluding carboxylic acids is 1. The molecule has 1 aliphatic rings. The number of nitrogens with one attached hydrogen (secondary N) is 1. The number of halogens is 3. The monoisotopic (exact) mass is 476 g/mol. The van der Waals surface area contributed by atoms with E-state index in [1.165, 1.54) is 26.4 Å². The van der Waals surface area contributed by atoms with Gasteiger partial charge in [0.2, 0.25) is 0 Å². The maximum Gasteiger partial charge on any atom is 0.416 e. The fraction of sp³-hybridized carbons (Fsp3) is 0.348. The maximum absolute atomic E-state index is 12.7. The molecule has 2 aromatic carbocycles. The number of alkyl halides is 3. The molecule has 0 spiro atoms. The van der Waals surface area contributed by atoms with Crippen LogP contribution in [0.3, 0.4) is 0 Å². The number of H-pyrrole nitrogens is 1. The molecule has 0 atom stereocenters. The van der Waals surface area contributed by atoms with E-state index >= 15 is 0 Å². The molecule has 1 saturated heterocycles. The van der Waals surface area contributed by atoms with E-state index in [0.29, 0.717) is 61.0 Å². The molecule has 1 N–H and O–H groups in total. The fourth-order valence-corrected chi connectivity index (χ4v) is 3.89. The first kappa shape index (κ1) is 23.6. The number of aromatic amines is 1. The molecule has 1 fully saturated rings. The first-order chi connectivity index (χ1) is 16.2. The van der Waals surface area contributed by atoms with E-state index in [1.807, 2.05) is 4.90 Å². The molecule has 0 radical (unpaired) electrons. The summed E-state index contributed by atoms with van der Waals surface area (Å²) in [6.07, 6.45) is -4.44. The van der Waals surface area contributed by atoms with Gasteiger partial charge in [0.1, 0.15) is 5.82 Å². The first-order valence-electron chi connectivity index (χ1n) is 10.5. The number of methoxy groups -OCH3 is 2. The SMILES string of the molecule is COc1cc2nc(CN3CCN(C(=O)c4ccc(C(F)(F)F)cc4)CC3)[nH]c(=O)c2cc1OC. The largest absolute Gasteiger partial charge is 0.493 e. The summed E-state index contributed by atoms with van der Waals surface area (Å²) in [5.41, 5.74) is -0.391. The second-order valence-electron chi connectivity index (χ2n) is 7.88. The van der Waals surface area contributed by atoms with Crippen LogP contribution in [-0.2, 0) is 12.7 Å². The third kappa shape index (κ3) is 4.84. The molecular weight excluding hydrogens is 453 g/mol. The van der Waals surface area contributed by atoms with E-state index in [2.05, 4.69) is 9.97 Å². The fourth-order valence-electron chi connectivity index (χ4n) is 3.89. The third-order valence-electron chi connectivity index (χ3n) is 5.75. The Hall–Kier alpha value is -3.60. The lowest BCUT2D eigenvalue weighted by Gasteiger charge is -2.34. The number of nitrogens with zero attached hydrogens (tertiary/aromatic N) is 3. The van der Waals surface area contributed by atoms with Gasteiger partial charge in [0, 0.05) is 37.8 Å². The number of fused-ring (bicyclic) bond motifs is 1. The minimum atomic E-state index is -4.44. The number of carbonyl (C=O) groups is 1. The van der Waals surface area contributed by atoms with Crippen molar-refractivity contribution in [3.8, 4) is 11.5 Å². The molecule has 0 bridgehead atoms. The quantitative estimate of drug-likeness (QED) is 0.610. The Morgan fingerprint density at radius 3 is 2.24 bits per heavy atom. The molecule has 11 heteroatoms. The van der Waals surface area contributed by atoms with Crippen molar-refractivity contribution in [3.63, 3.8) is 0 Å². The number of aromatic nitrogens is 2. The number of ether oxygens (including phenoxy) is 2. The highest BCUT2D eigenvalue weighted by Gasteiger charge is 2.31. The summed E-state index contributed by atoms with van der Waals surface area (Å²) >= 11 is 0. The maximum atomic E-state index is 12.7. The number of hydrogen-bond acceptors (Lipinski definition) is 6. The van der Waals surface area contributed by atoms with Crippen LogP contribution in [0.25, 0.3) is 10.9 Å². The Morgan fingerprint density at radius 2 is 1.65 bits per heavy atom. The zero-order valence-electron chi connectivity index (χ0n) is 18.6. The van der Waals surface area contributed by atoms with Crippen LogP contribution in [-0.4, -0.2) is 66.1 Å². The highest BCUT2D eigenvalue weighted by molar-refractivity contribution is 5.94. The molecule has 2 heterocycles. The molecule has 3 aromatic rings. The molecule has 1 aromatic heterocycles. The van der Waals surface area contributed by atoms with Crippen LogP contribution in [0.4, 0.5) is 13.2 Å². The van der Waals surface area contributed by atoms with Crippen LogP contribution in [0.5, 0.6) is 11.5 Å². The summed E-state index contributed by atoms with van der Waals surface area (Å²) in [6, 6.07) is 7.45. The summed E-state index contributed by atoms with van der Waals surface area (Å²) in [7, 11) is 2.99. The smallest absolute Gasteiger partial charge is 0.416 e. The van der Waals surface area contributed by atoms with Crippen molar-refractivity contribution in [2.75, 3.05) is 40.4 Å². The van der Waals surface area contributed by atoms with Gasteiger partial charge in [0.15, 0.2) is 11.5 Å². The van der Waals surface area contributed by atoms with Gasteiger partial charge in [-0.25, -0.2) is 4.98 Å². The Kier molecular flexibility index (Phi) is 6.47. The van der Waals surface area contributed by atoms with Gasteiger partial charge in [0.05, 0.1) is 37.2 Å². The number of amides is 1. The Bertz CT molecular complexity index is 1250. The summed E-state index contributed by atoms with van der Waals surface area (Å²) < 4.78 is 48.7. The average molecular weight is 476 g/mol. The highest BCUT2D eigenvalue weighted by atomic mass is 19.4. The Morgan fingerprint density at radius 1 is 1.03 bits per heavy atom. The minimum absolute atomic E-state index is 0.214. The van der Waals surface area contributed by atoms with E-state index in [4.69, 9.17) is 9.47 Å². The minimum Gasteiger partial charge on any atom is -0.493 e. The van der Waals surface area contributed by atoms with Crippen LogP contribution in [0.1, 0.15) is 21.7 Å². The lowest BCUT2D eigenvalue weighted by atomic mass is 10.1. The van der Waals surface area contributed by atoms with Crippen LogP contribution >= 0.6 is 0 Å². The summed E-state index contributed by atoms with van der Waals surface area (Å²) in [5, 5.41) is 0.383. The summed E-state index contributed by atoms with van der Waals surface area (Å²) in [5.74, 6) is 1.07. The normalized spacial score (nSPS) is 14.9. The summed E-state index contributed by atoms with van der Waals surface area (Å²) in [6.45, 7) is 2.24. The predicted molar refractivity (Wildman–Crippen MR) is 118 cm³/mol. The lowest BCUT2D eigenvalue weighted by molar-refractivity contribution is -0.137. The topological polar surface area (TPSA) is 87.8 Å². The Balaban J connectivity index is 1.42. The second kappa shape index (κ2) is 9.34. The molecule has 8 nitrogen and oxygen atoms in total. The van der Waals surface area contributed by atoms with Crippen LogP contribution < -0.4 is 15.0 Å². The van der Waals surface area contributed by atoms with Gasteiger partial charge < -0.3 is 19.4 Å². The van der Waals surface area contributed by atoms with Crippen LogP contribution in [0, 0.1) is 0 Å². The number of rotatable bonds is 5. The van der Waals surface area contributed by atoms with Crippen LogP contribution in [0.15, 0.2) is 41.2 Å². The van der Waals surface area contributed by atoms with Gasteiger partial charge in [-0.15, -0.1) is 0 Å². The average Bonchev–Trinajstić information content (AvgIpc) is 2.83. The van der Waals surface area contributed by atoms with Crippen molar-refractivity contribution in [2.45, 2.75) is 12.7 Å². The van der Waals surface area contributed by atoms with Gasteiger partial charge in [-0.05, 0) is 30.3 Å². The highest BCUT2D eigenvalue weighted by Crippen LogP contribution is 2.30. The Labute approximate surface area is 192 Å². The van der Waals surface area contributed by atoms with Crippen molar-refractivity contribution >= 4 is 16.8 Å². The van der Waals surface area contributed by atoms with Crippen molar-refractivity contribution in [3.05, 3.63) is 63.7 Å². The lowest BCUT2D eigenvalue weighted by Crippen LogP contribution is -2.48. The van der Waals surface area contributed by atoms with E-state index in [1.54, 1.807) is 17.0 Å². The standard InChI is InChI=1S/C23H23F3N4O4/c1-33-18-11-16-17(12-19(18)34-2)27-20(28-21(16)31)13-29-7-9-30(10-8-29)22(32)14-3-5-15(6-4-14)23(24,25)26/h3-6,11-12H,7-10,13H2,1-2H3,(H,27,28,31). The van der Waals surface area contributed by atoms with E-state index in [0.717, 1.165) is 12.1 Å². The van der Waals surface area contributed by atoms with Gasteiger partial charge in [-0.2, -0.15) is 13.2 Å². The van der Waals surface area contributed by atoms with Crippen molar-refractivity contribution in [2.24, 2.45) is 0 Å². The van der Waals surface area contributed by atoms with Crippen LogP contribution in [0.2, 0.25) is 0 Å². The molecule has 0 saturated carbocycles. The van der Waals surface area contributed by atoms with E-state index in [-0.39, 0.29) is 17.0 Å². The molecule has 1 amide bonds. The molecule has 4 rings (SSSR count). The van der Waals surface area contributed by atoms with Crippen molar-refractivity contribution < 1.29 is 27.4 Å². The van der Waals surface area contributed by atoms with E-state index in [9.17, 15) is 22.8 Å². The van der Waals surface area contributed by atoms with Gasteiger partial charge in [-0.3, -0.25) is 14.5 Å². The van der Waals surface area contributed by atoms with E-state index < -0.39 is 11.7 Å². The molecule has 0 aliphatic carbocycles.